The lowest BCUT2D eigenvalue weighted by atomic mass is 9.89. The minimum atomic E-state index is -4.46. The first-order chi connectivity index (χ1) is 16.2. The molecule has 0 bridgehead atoms. The molecule has 2 atom stereocenters. The third kappa shape index (κ3) is 5.16. The number of nitrogens with zero attached hydrogens (tertiary/aromatic N) is 4. The second kappa shape index (κ2) is 9.74. The first-order valence-electron chi connectivity index (χ1n) is 10.9. The molecule has 0 radical (unpaired) electrons. The van der Waals surface area contributed by atoms with Crippen molar-refractivity contribution in [1.82, 2.24) is 19.9 Å². The molecule has 1 aromatic carbocycles. The van der Waals surface area contributed by atoms with Crippen LogP contribution in [0.4, 0.5) is 23.4 Å². The lowest BCUT2D eigenvalue weighted by molar-refractivity contribution is -0.137. The fraction of sp³-hybridized carbons (Fsp3) is 0.333. The number of piperidine rings is 1. The van der Waals surface area contributed by atoms with E-state index in [9.17, 15) is 22.4 Å². The van der Waals surface area contributed by atoms with Crippen molar-refractivity contribution in [2.45, 2.75) is 32.0 Å². The molecule has 2 aromatic heterocycles. The number of anilines is 1. The van der Waals surface area contributed by atoms with E-state index in [4.69, 9.17) is 0 Å². The summed E-state index contributed by atoms with van der Waals surface area (Å²) in [5, 5.41) is 3.06. The fourth-order valence-corrected chi connectivity index (χ4v) is 4.17. The number of amides is 1. The number of hydrogen-bond donors (Lipinski definition) is 1. The van der Waals surface area contributed by atoms with Crippen LogP contribution in [0.2, 0.25) is 0 Å². The van der Waals surface area contributed by atoms with Gasteiger partial charge in [0, 0.05) is 37.2 Å². The van der Waals surface area contributed by atoms with E-state index in [1.54, 1.807) is 11.0 Å². The molecule has 178 valence electrons. The lowest BCUT2D eigenvalue weighted by Crippen LogP contribution is -2.51. The Balaban J connectivity index is 1.56. The van der Waals surface area contributed by atoms with E-state index in [0.29, 0.717) is 30.0 Å². The van der Waals surface area contributed by atoms with Gasteiger partial charge in [0.2, 0.25) is 0 Å². The highest BCUT2D eigenvalue weighted by Gasteiger charge is 2.34. The Morgan fingerprint density at radius 2 is 1.91 bits per heavy atom. The number of halogens is 4. The Labute approximate surface area is 194 Å². The Kier molecular flexibility index (Phi) is 6.76. The standard InChI is InChI=1S/C24H23F4N5O/c1-15-4-2-11-33(20(15)14-32-21-8-5-16(13-31-21)24(26,27)28)23(34)18-7-6-17(25)12-19(18)22-29-9-3-10-30-22/h3,5-10,12-13,15,20H,2,4,11,14H2,1H3,(H,31,32)/t15-,20?/m1/s1. The number of likely N-dealkylation sites (tertiary alicyclic amines) is 1. The SMILES string of the molecule is C[C@@H]1CCCN(C(=O)c2ccc(F)cc2-c2ncccn2)C1CNc1ccc(C(F)(F)F)cn1. The summed E-state index contributed by atoms with van der Waals surface area (Å²) in [5.74, 6) is -0.104. The van der Waals surface area contributed by atoms with Crippen LogP contribution in [-0.4, -0.2) is 44.9 Å². The van der Waals surface area contributed by atoms with Gasteiger partial charge in [0.1, 0.15) is 11.6 Å². The van der Waals surface area contributed by atoms with Crippen LogP contribution >= 0.6 is 0 Å². The van der Waals surface area contributed by atoms with E-state index in [-0.39, 0.29) is 23.7 Å². The molecule has 0 aliphatic carbocycles. The first kappa shape index (κ1) is 23.6. The number of benzene rings is 1. The zero-order valence-corrected chi connectivity index (χ0v) is 18.4. The van der Waals surface area contributed by atoms with Crippen LogP contribution in [0.5, 0.6) is 0 Å². The number of carbonyl (C=O) groups is 1. The molecular weight excluding hydrogens is 450 g/mol. The quantitative estimate of drug-likeness (QED) is 0.525. The normalized spacial score (nSPS) is 18.6. The number of hydrogen-bond acceptors (Lipinski definition) is 5. The molecule has 4 rings (SSSR count). The average Bonchev–Trinajstić information content (AvgIpc) is 2.83. The predicted molar refractivity (Wildman–Crippen MR) is 118 cm³/mol. The van der Waals surface area contributed by atoms with Crippen molar-refractivity contribution in [2.24, 2.45) is 5.92 Å². The molecule has 1 fully saturated rings. The highest BCUT2D eigenvalue weighted by Crippen LogP contribution is 2.30. The van der Waals surface area contributed by atoms with Gasteiger partial charge in [-0.25, -0.2) is 19.3 Å². The van der Waals surface area contributed by atoms with Crippen LogP contribution in [0.3, 0.4) is 0 Å². The molecule has 1 aliphatic rings. The highest BCUT2D eigenvalue weighted by atomic mass is 19.4. The second-order valence-corrected chi connectivity index (χ2v) is 8.26. The summed E-state index contributed by atoms with van der Waals surface area (Å²) in [6.07, 6.45) is 1.07. The molecular formula is C24H23F4N5O. The molecule has 1 saturated heterocycles. The Hall–Kier alpha value is -3.56. The van der Waals surface area contributed by atoms with Crippen LogP contribution in [0, 0.1) is 11.7 Å². The van der Waals surface area contributed by atoms with Gasteiger partial charge in [-0.1, -0.05) is 6.92 Å². The first-order valence-corrected chi connectivity index (χ1v) is 10.9. The maximum absolute atomic E-state index is 14.0. The van der Waals surface area contributed by atoms with Crippen molar-refractivity contribution >= 4 is 11.7 Å². The predicted octanol–water partition coefficient (Wildman–Crippen LogP) is 5.05. The topological polar surface area (TPSA) is 71.0 Å². The largest absolute Gasteiger partial charge is 0.417 e. The molecule has 6 nitrogen and oxygen atoms in total. The summed E-state index contributed by atoms with van der Waals surface area (Å²) >= 11 is 0. The summed E-state index contributed by atoms with van der Waals surface area (Å²) in [5.41, 5.74) is -0.229. The molecule has 1 aliphatic heterocycles. The van der Waals surface area contributed by atoms with Crippen LogP contribution in [0.1, 0.15) is 35.7 Å². The minimum Gasteiger partial charge on any atom is -0.368 e. The third-order valence-electron chi connectivity index (χ3n) is 5.98. The van der Waals surface area contributed by atoms with Crippen molar-refractivity contribution in [3.63, 3.8) is 0 Å². The zero-order chi connectivity index (χ0) is 24.3. The number of pyridine rings is 1. The Morgan fingerprint density at radius 1 is 1.15 bits per heavy atom. The fourth-order valence-electron chi connectivity index (χ4n) is 4.17. The van der Waals surface area contributed by atoms with Crippen molar-refractivity contribution in [3.05, 3.63) is 71.9 Å². The Bertz CT molecular complexity index is 1140. The number of carbonyl (C=O) groups excluding carboxylic acids is 1. The van der Waals surface area contributed by atoms with Crippen molar-refractivity contribution < 1.29 is 22.4 Å². The molecule has 3 heterocycles. The van der Waals surface area contributed by atoms with Crippen molar-refractivity contribution in [2.75, 3.05) is 18.4 Å². The van der Waals surface area contributed by atoms with Crippen LogP contribution in [0.15, 0.2) is 55.0 Å². The summed E-state index contributed by atoms with van der Waals surface area (Å²) in [7, 11) is 0. The van der Waals surface area contributed by atoms with Gasteiger partial charge >= 0.3 is 6.18 Å². The summed E-state index contributed by atoms with van der Waals surface area (Å²) in [6, 6.07) is 7.54. The molecule has 1 amide bonds. The minimum absolute atomic E-state index is 0.136. The van der Waals surface area contributed by atoms with E-state index < -0.39 is 17.6 Å². The van der Waals surface area contributed by atoms with Gasteiger partial charge in [-0.15, -0.1) is 0 Å². The molecule has 3 aromatic rings. The maximum Gasteiger partial charge on any atom is 0.417 e. The maximum atomic E-state index is 14.0. The summed E-state index contributed by atoms with van der Waals surface area (Å²) < 4.78 is 52.4. The molecule has 34 heavy (non-hydrogen) atoms. The van der Waals surface area contributed by atoms with Gasteiger partial charge in [-0.3, -0.25) is 4.79 Å². The van der Waals surface area contributed by atoms with Gasteiger partial charge in [-0.05, 0) is 55.2 Å². The van der Waals surface area contributed by atoms with Crippen molar-refractivity contribution in [1.29, 1.82) is 0 Å². The Morgan fingerprint density at radius 3 is 2.59 bits per heavy atom. The lowest BCUT2D eigenvalue weighted by Gasteiger charge is -2.40. The summed E-state index contributed by atoms with van der Waals surface area (Å²) in [4.78, 5) is 27.5. The number of nitrogens with one attached hydrogen (secondary N) is 1. The van der Waals surface area contributed by atoms with Gasteiger partial charge in [0.05, 0.1) is 17.2 Å². The number of aromatic nitrogens is 3. The van der Waals surface area contributed by atoms with Crippen LogP contribution in [-0.2, 0) is 6.18 Å². The molecule has 0 saturated carbocycles. The summed E-state index contributed by atoms with van der Waals surface area (Å²) in [6.45, 7) is 2.84. The molecule has 0 spiro atoms. The average molecular weight is 473 g/mol. The molecule has 1 unspecified atom stereocenters. The van der Waals surface area contributed by atoms with Gasteiger partial charge in [-0.2, -0.15) is 13.2 Å². The van der Waals surface area contributed by atoms with Crippen LogP contribution in [0.25, 0.3) is 11.4 Å². The number of alkyl halides is 3. The van der Waals surface area contributed by atoms with Crippen molar-refractivity contribution in [3.8, 4) is 11.4 Å². The highest BCUT2D eigenvalue weighted by molar-refractivity contribution is 6.00. The van der Waals surface area contributed by atoms with Crippen LogP contribution < -0.4 is 5.32 Å². The van der Waals surface area contributed by atoms with Gasteiger partial charge in [0.15, 0.2) is 5.82 Å². The number of rotatable bonds is 5. The molecule has 10 heteroatoms. The molecule has 1 N–H and O–H groups in total. The third-order valence-corrected chi connectivity index (χ3v) is 5.98. The second-order valence-electron chi connectivity index (χ2n) is 8.26. The van der Waals surface area contributed by atoms with Gasteiger partial charge in [0.25, 0.3) is 5.91 Å². The van der Waals surface area contributed by atoms with E-state index in [1.807, 2.05) is 6.92 Å². The monoisotopic (exact) mass is 473 g/mol. The zero-order valence-electron chi connectivity index (χ0n) is 18.4. The van der Waals surface area contributed by atoms with E-state index in [1.165, 1.54) is 36.7 Å². The van der Waals surface area contributed by atoms with E-state index in [2.05, 4.69) is 20.3 Å². The smallest absolute Gasteiger partial charge is 0.368 e. The van der Waals surface area contributed by atoms with E-state index in [0.717, 1.165) is 25.1 Å². The van der Waals surface area contributed by atoms with E-state index >= 15 is 0 Å². The van der Waals surface area contributed by atoms with Gasteiger partial charge < -0.3 is 10.2 Å².